The molecule has 0 aromatic heterocycles. The molecule has 0 bridgehead atoms. The topological polar surface area (TPSA) is 32.3 Å². The van der Waals surface area contributed by atoms with Crippen LogP contribution in [0.2, 0.25) is 0 Å². The number of likely N-dealkylation sites (N-methyl/N-ethyl adjacent to an activating group) is 1. The van der Waals surface area contributed by atoms with Gasteiger partial charge in [-0.2, -0.15) is 0 Å². The van der Waals surface area contributed by atoms with E-state index < -0.39 is 17.7 Å². The molecule has 0 radical (unpaired) electrons. The quantitative estimate of drug-likeness (QED) is 0.930. The molecule has 0 aliphatic carbocycles. The Morgan fingerprint density at radius 1 is 1.33 bits per heavy atom. The SMILES string of the molecule is CC(c1cc(F)ccc1F)N(C)C(=O)C1CCCCCN1. The van der Waals surface area contributed by atoms with E-state index in [4.69, 9.17) is 0 Å². The average molecular weight is 296 g/mol. The van der Waals surface area contributed by atoms with Gasteiger partial charge >= 0.3 is 0 Å². The lowest BCUT2D eigenvalue weighted by atomic mass is 10.0. The smallest absolute Gasteiger partial charge is 0.239 e. The summed E-state index contributed by atoms with van der Waals surface area (Å²) in [5.41, 5.74) is 0.208. The summed E-state index contributed by atoms with van der Waals surface area (Å²) in [6, 6.07) is 2.61. The van der Waals surface area contributed by atoms with Crippen LogP contribution in [0.3, 0.4) is 0 Å². The van der Waals surface area contributed by atoms with E-state index in [0.717, 1.165) is 50.4 Å². The first kappa shape index (κ1) is 15.9. The zero-order chi connectivity index (χ0) is 15.4. The van der Waals surface area contributed by atoms with Crippen LogP contribution in [0.5, 0.6) is 0 Å². The fourth-order valence-corrected chi connectivity index (χ4v) is 2.72. The zero-order valence-corrected chi connectivity index (χ0v) is 12.5. The van der Waals surface area contributed by atoms with Gasteiger partial charge in [0.15, 0.2) is 0 Å². The van der Waals surface area contributed by atoms with Gasteiger partial charge in [-0.25, -0.2) is 8.78 Å². The molecule has 1 aliphatic heterocycles. The van der Waals surface area contributed by atoms with Crippen LogP contribution in [-0.4, -0.2) is 30.4 Å². The van der Waals surface area contributed by atoms with E-state index in [1.807, 2.05) is 0 Å². The minimum absolute atomic E-state index is 0.0620. The fraction of sp³-hybridized carbons (Fsp3) is 0.562. The molecule has 2 unspecified atom stereocenters. The highest BCUT2D eigenvalue weighted by atomic mass is 19.1. The van der Waals surface area contributed by atoms with E-state index in [0.29, 0.717) is 0 Å². The summed E-state index contributed by atoms with van der Waals surface area (Å²) in [5.74, 6) is -1.04. The molecule has 0 saturated carbocycles. The largest absolute Gasteiger partial charge is 0.338 e. The van der Waals surface area contributed by atoms with Crippen LogP contribution in [0.1, 0.15) is 44.2 Å². The third-order valence-electron chi connectivity index (χ3n) is 4.20. The minimum Gasteiger partial charge on any atom is -0.338 e. The molecule has 1 fully saturated rings. The van der Waals surface area contributed by atoms with E-state index in [1.165, 1.54) is 4.90 Å². The van der Waals surface area contributed by atoms with Crippen molar-refractivity contribution < 1.29 is 13.6 Å². The van der Waals surface area contributed by atoms with Crippen molar-refractivity contribution in [3.05, 3.63) is 35.4 Å². The Morgan fingerprint density at radius 3 is 2.86 bits per heavy atom. The molecule has 2 atom stereocenters. The molecule has 1 saturated heterocycles. The van der Waals surface area contributed by atoms with Gasteiger partial charge in [-0.3, -0.25) is 4.79 Å². The molecule has 3 nitrogen and oxygen atoms in total. The summed E-state index contributed by atoms with van der Waals surface area (Å²) in [6.07, 6.45) is 4.00. The molecule has 1 heterocycles. The monoisotopic (exact) mass is 296 g/mol. The molecular weight excluding hydrogens is 274 g/mol. The van der Waals surface area contributed by atoms with Crippen molar-refractivity contribution in [1.29, 1.82) is 0 Å². The van der Waals surface area contributed by atoms with E-state index >= 15 is 0 Å². The van der Waals surface area contributed by atoms with Gasteiger partial charge in [0.25, 0.3) is 0 Å². The summed E-state index contributed by atoms with van der Waals surface area (Å²) < 4.78 is 27.1. The maximum absolute atomic E-state index is 13.8. The van der Waals surface area contributed by atoms with Crippen molar-refractivity contribution in [2.75, 3.05) is 13.6 Å². The van der Waals surface area contributed by atoms with Gasteiger partial charge < -0.3 is 10.2 Å². The zero-order valence-electron chi connectivity index (χ0n) is 12.5. The third-order valence-corrected chi connectivity index (χ3v) is 4.20. The highest BCUT2D eigenvalue weighted by Crippen LogP contribution is 2.24. The summed E-state index contributed by atoms with van der Waals surface area (Å²) >= 11 is 0. The van der Waals surface area contributed by atoms with Gasteiger partial charge in [-0.1, -0.05) is 12.8 Å². The Morgan fingerprint density at radius 2 is 2.10 bits per heavy atom. The van der Waals surface area contributed by atoms with Crippen molar-refractivity contribution in [3.63, 3.8) is 0 Å². The number of halogens is 2. The molecule has 0 spiro atoms. The van der Waals surface area contributed by atoms with Crippen LogP contribution in [-0.2, 0) is 4.79 Å². The van der Waals surface area contributed by atoms with E-state index in [2.05, 4.69) is 5.32 Å². The number of carbonyl (C=O) groups excluding carboxylic acids is 1. The minimum atomic E-state index is -0.502. The van der Waals surface area contributed by atoms with Crippen LogP contribution < -0.4 is 5.32 Å². The first-order valence-corrected chi connectivity index (χ1v) is 7.45. The lowest BCUT2D eigenvalue weighted by Crippen LogP contribution is -2.45. The van der Waals surface area contributed by atoms with Crippen LogP contribution in [0, 0.1) is 11.6 Å². The maximum Gasteiger partial charge on any atom is 0.239 e. The second-order valence-electron chi connectivity index (χ2n) is 5.65. The summed E-state index contributed by atoms with van der Waals surface area (Å²) in [7, 11) is 1.64. The molecule has 1 aromatic rings. The Hall–Kier alpha value is -1.49. The number of hydrogen-bond acceptors (Lipinski definition) is 2. The van der Waals surface area contributed by atoms with Crippen LogP contribution in [0.25, 0.3) is 0 Å². The van der Waals surface area contributed by atoms with Crippen molar-refractivity contribution in [3.8, 4) is 0 Å². The van der Waals surface area contributed by atoms with E-state index in [9.17, 15) is 13.6 Å². The number of nitrogens with one attached hydrogen (secondary N) is 1. The average Bonchev–Trinajstić information content (AvgIpc) is 2.76. The molecular formula is C16H22F2N2O. The molecule has 116 valence electrons. The van der Waals surface area contributed by atoms with E-state index in [1.54, 1.807) is 14.0 Å². The van der Waals surface area contributed by atoms with Crippen LogP contribution >= 0.6 is 0 Å². The molecule has 1 N–H and O–H groups in total. The Balaban J connectivity index is 2.12. The van der Waals surface area contributed by atoms with Gasteiger partial charge in [-0.05, 0) is 44.5 Å². The fourth-order valence-electron chi connectivity index (χ4n) is 2.72. The lowest BCUT2D eigenvalue weighted by molar-refractivity contribution is -0.134. The number of amides is 1. The predicted octanol–water partition coefficient (Wildman–Crippen LogP) is 3.02. The standard InChI is InChI=1S/C16H22F2N2O/c1-11(13-10-12(17)7-8-14(13)18)20(2)16(21)15-6-4-3-5-9-19-15/h7-8,10-11,15,19H,3-6,9H2,1-2H3. The number of nitrogens with zero attached hydrogens (tertiary/aromatic N) is 1. The van der Waals surface area contributed by atoms with Gasteiger partial charge in [-0.15, -0.1) is 0 Å². The highest BCUT2D eigenvalue weighted by Gasteiger charge is 2.27. The van der Waals surface area contributed by atoms with Crippen LogP contribution in [0.15, 0.2) is 18.2 Å². The van der Waals surface area contributed by atoms with Gasteiger partial charge in [0.05, 0.1) is 12.1 Å². The molecule has 1 aromatic carbocycles. The first-order chi connectivity index (χ1) is 10.0. The molecule has 1 aliphatic rings. The normalized spacial score (nSPS) is 20.7. The number of carbonyl (C=O) groups is 1. The van der Waals surface area contributed by atoms with Crippen LogP contribution in [0.4, 0.5) is 8.78 Å². The summed E-state index contributed by atoms with van der Waals surface area (Å²) in [6.45, 7) is 2.54. The second-order valence-corrected chi connectivity index (χ2v) is 5.65. The predicted molar refractivity (Wildman–Crippen MR) is 77.8 cm³/mol. The van der Waals surface area contributed by atoms with Gasteiger partial charge in [0.2, 0.25) is 5.91 Å². The summed E-state index contributed by atoms with van der Waals surface area (Å²) in [4.78, 5) is 14.0. The molecule has 2 rings (SSSR count). The van der Waals surface area contributed by atoms with Crippen molar-refractivity contribution in [2.45, 2.75) is 44.7 Å². The van der Waals surface area contributed by atoms with Crippen molar-refractivity contribution in [2.24, 2.45) is 0 Å². The number of benzene rings is 1. The molecule has 5 heteroatoms. The molecule has 21 heavy (non-hydrogen) atoms. The van der Waals surface area contributed by atoms with Crippen molar-refractivity contribution in [1.82, 2.24) is 10.2 Å². The molecule has 1 amide bonds. The maximum atomic E-state index is 13.8. The Bertz CT molecular complexity index is 499. The number of hydrogen-bond donors (Lipinski definition) is 1. The Labute approximate surface area is 124 Å². The van der Waals surface area contributed by atoms with Crippen molar-refractivity contribution >= 4 is 5.91 Å². The Kier molecular flexibility index (Phi) is 5.28. The lowest BCUT2D eigenvalue weighted by Gasteiger charge is -2.29. The highest BCUT2D eigenvalue weighted by molar-refractivity contribution is 5.82. The van der Waals surface area contributed by atoms with E-state index in [-0.39, 0.29) is 17.5 Å². The third kappa shape index (κ3) is 3.79. The second kappa shape index (κ2) is 6.98. The first-order valence-electron chi connectivity index (χ1n) is 7.45. The van der Waals surface area contributed by atoms with Gasteiger partial charge in [0.1, 0.15) is 11.6 Å². The number of rotatable bonds is 3. The summed E-state index contributed by atoms with van der Waals surface area (Å²) in [5, 5.41) is 3.24. The van der Waals surface area contributed by atoms with Gasteiger partial charge in [0, 0.05) is 12.6 Å².